The van der Waals surface area contributed by atoms with Gasteiger partial charge in [0.15, 0.2) is 41.8 Å². The summed E-state index contributed by atoms with van der Waals surface area (Å²) < 4.78 is 155. The Morgan fingerprint density at radius 2 is 0.720 bits per heavy atom. The number of aromatic amines is 1. The number of hydrogen-bond donors (Lipinski definition) is 0. The monoisotopic (exact) mass is 1640 g/mol. The number of carbonyl (C=O) groups is 4. The summed E-state index contributed by atoms with van der Waals surface area (Å²) in [6, 6.07) is 66.6. The van der Waals surface area contributed by atoms with E-state index in [0.29, 0.717) is 25.7 Å². The molecule has 0 spiro atoms. The molecule has 30 heteroatoms. The molecule has 18 unspecified atom stereocenters. The summed E-state index contributed by atoms with van der Waals surface area (Å²) >= 11 is 0. The van der Waals surface area contributed by atoms with Crippen molar-refractivity contribution in [2.45, 2.75) is 128 Å². The molecule has 7 aromatic rings. The highest BCUT2D eigenvalue weighted by atomic mass is 79.9. The topological polar surface area (TPSA) is 339 Å². The fraction of sp³-hybridized carbons (Fsp3) is 0.364. The second-order valence-electron chi connectivity index (χ2n) is 27.2. The van der Waals surface area contributed by atoms with Crippen molar-refractivity contribution in [1.29, 1.82) is 0 Å². The van der Waals surface area contributed by atoms with Crippen LogP contribution in [0.2, 0.25) is 0 Å². The molecule has 1 N–H and O–H groups in total. The van der Waals surface area contributed by atoms with E-state index >= 15 is 0 Å². The maximum Gasteiger partial charge on any atom is 0.313 e. The summed E-state index contributed by atoms with van der Waals surface area (Å²) in [5.41, 5.74) is 2.61. The van der Waals surface area contributed by atoms with E-state index in [-0.39, 0.29) is 62.4 Å². The Bertz CT molecular complexity index is 4410. The molecule has 8 fully saturated rings. The Hall–Kier alpha value is -7.43. The predicted octanol–water partition coefficient (Wildman–Crippen LogP) is 5.07. The highest BCUT2D eigenvalue weighted by Crippen LogP contribution is 2.57. The highest BCUT2D eigenvalue weighted by Gasteiger charge is 2.68. The first kappa shape index (κ1) is 79.1. The van der Waals surface area contributed by atoms with Crippen molar-refractivity contribution in [1.82, 2.24) is 0 Å². The van der Waals surface area contributed by atoms with Crippen LogP contribution in [-0.2, 0) is 118 Å². The summed E-state index contributed by atoms with van der Waals surface area (Å²) in [5.74, 6) is -9.60. The van der Waals surface area contributed by atoms with E-state index in [1.165, 1.54) is 40.5 Å². The Labute approximate surface area is 638 Å². The molecule has 4 aliphatic carbocycles. The molecule has 7 heterocycles. The first-order valence-electron chi connectivity index (χ1n) is 34.7. The molecular formula is C77H78BrNO22S6. The number of aryl methyl sites for hydroxylation is 2. The molecule has 10 aliphatic rings. The zero-order valence-electron chi connectivity index (χ0n) is 57.7. The van der Waals surface area contributed by atoms with Gasteiger partial charge in [-0.2, -0.15) is 16.8 Å². The van der Waals surface area contributed by atoms with E-state index in [1.807, 2.05) is 30.6 Å². The molecule has 0 radical (unpaired) electrons. The molecule has 0 amide bonds. The van der Waals surface area contributed by atoms with Gasteiger partial charge in [-0.25, -0.2) is 21.8 Å². The van der Waals surface area contributed by atoms with E-state index < -0.39 is 172 Å². The van der Waals surface area contributed by atoms with Crippen molar-refractivity contribution in [2.75, 3.05) is 24.7 Å². The standard InChI is InChI=1S/2C19H17S.2C17H20O11S2.C5H5N.BrH/c2*1-16-12-14-19(15-13-16)20(17-8-4-2-5-9-17)18-10-6-3-7-11-18;2*18-16(25-3-4-29(20,21)22)12-9-1-2-10(26-9)13(12)17(19)27-14-7-5-8-11(6-7)30(23,24)28-15(8)14;1-2-4-6-5-3-1;/h2*2-15H,1H3;2*1-2,7-15H,3-6H2,(H,20,21,22);1-5H;1H/q2*+1;;;;/p-2. The fourth-order valence-electron chi connectivity index (χ4n) is 15.7. The largest absolute Gasteiger partial charge is 1.00 e. The van der Waals surface area contributed by atoms with E-state index in [0.717, 1.165) is 0 Å². The molecular weight excluding hydrogens is 1560 g/mol. The number of halogens is 1. The minimum Gasteiger partial charge on any atom is -1.00 e. The van der Waals surface area contributed by atoms with Gasteiger partial charge in [-0.3, -0.25) is 27.5 Å². The summed E-state index contributed by atoms with van der Waals surface area (Å²) in [4.78, 5) is 61.9. The van der Waals surface area contributed by atoms with Crippen molar-refractivity contribution in [3.05, 3.63) is 236 Å². The number of ether oxygens (including phenoxy) is 6. The van der Waals surface area contributed by atoms with Crippen LogP contribution in [0.5, 0.6) is 0 Å². The minimum absolute atomic E-state index is 0. The van der Waals surface area contributed by atoms with Gasteiger partial charge >= 0.3 is 23.9 Å². The van der Waals surface area contributed by atoms with Gasteiger partial charge in [0.2, 0.25) is 0 Å². The van der Waals surface area contributed by atoms with Crippen molar-refractivity contribution in [3.8, 4) is 0 Å². The molecule has 566 valence electrons. The van der Waals surface area contributed by atoms with Crippen molar-refractivity contribution < 1.29 is 121 Å². The van der Waals surface area contributed by atoms with Gasteiger partial charge < -0.3 is 54.5 Å². The number of aromatic nitrogens is 1. The maximum atomic E-state index is 13.0. The molecule has 1 aromatic heterocycles. The maximum absolute atomic E-state index is 13.0. The Kier molecular flexibility index (Phi) is 25.0. The van der Waals surface area contributed by atoms with Crippen LogP contribution in [0.1, 0.15) is 36.8 Å². The van der Waals surface area contributed by atoms with Crippen LogP contribution >= 0.6 is 0 Å². The van der Waals surface area contributed by atoms with Gasteiger partial charge in [-0.05, 0) is 112 Å². The second kappa shape index (κ2) is 33.8. The quantitative estimate of drug-likeness (QED) is 0.0270. The lowest BCUT2D eigenvalue weighted by atomic mass is 9.83. The van der Waals surface area contributed by atoms with Crippen molar-refractivity contribution in [2.24, 2.45) is 47.3 Å². The number of H-pyrrole nitrogens is 1. The highest BCUT2D eigenvalue weighted by molar-refractivity contribution is 7.97. The summed E-state index contributed by atoms with van der Waals surface area (Å²) in [6.45, 7) is 3.02. The van der Waals surface area contributed by atoms with Gasteiger partial charge in [0.05, 0.1) is 88.4 Å². The molecule has 17 rings (SSSR count). The van der Waals surface area contributed by atoms with Crippen molar-refractivity contribution in [3.63, 3.8) is 0 Å². The number of nitrogens with one attached hydrogen (secondary N) is 1. The van der Waals surface area contributed by atoms with Crippen LogP contribution in [0.3, 0.4) is 0 Å². The molecule has 18 atom stereocenters. The first-order chi connectivity index (χ1) is 50.8. The number of pyridine rings is 1. The van der Waals surface area contributed by atoms with Gasteiger partial charge in [0.25, 0.3) is 20.2 Å². The average molecular weight is 1640 g/mol. The Balaban J connectivity index is 0.000000131. The number of carbonyl (C=O) groups excluding carboxylic acids is 4. The van der Waals surface area contributed by atoms with Gasteiger partial charge in [0.1, 0.15) is 61.3 Å². The second-order valence-corrected chi connectivity index (χ2v) is 37.9. The van der Waals surface area contributed by atoms with Crippen LogP contribution in [-0.4, -0.2) is 151 Å². The van der Waals surface area contributed by atoms with Crippen LogP contribution in [0.4, 0.5) is 0 Å². The normalized spacial score (nSPS) is 29.4. The van der Waals surface area contributed by atoms with Crippen molar-refractivity contribution >= 4 is 86.1 Å². The summed E-state index contributed by atoms with van der Waals surface area (Å²) in [5, 5.41) is -1.09. The molecule has 8 bridgehead atoms. The molecule has 6 aliphatic heterocycles. The third kappa shape index (κ3) is 18.2. The summed E-state index contributed by atoms with van der Waals surface area (Å²) in [6.07, 6.45) is 6.53. The molecule has 4 saturated carbocycles. The molecule has 6 aromatic carbocycles. The lowest BCUT2D eigenvalue weighted by Gasteiger charge is -2.28. The Morgan fingerprint density at radius 1 is 0.430 bits per heavy atom. The SMILES string of the molecule is Cc1ccc([S+](c2ccccc2)c2ccccc2)cc1.Cc1ccc([S+](c2ccccc2)c2ccccc2)cc1.O=C(OCCS(=O)(=O)[O-])C1C2C=CC(O2)C1C(=O)OC1C2CC3C1OS(=O)(=O)C3C2.O=C(OCCS(=O)(=O)[O-])C1C2C=CC(O2)C1C(=O)OC1C2CC3C1OS(=O)(=O)C3C2.[Br-].c1cc[nH+]cc1. The number of rotatable bonds is 18. The van der Waals surface area contributed by atoms with E-state index in [1.54, 1.807) is 24.3 Å². The van der Waals surface area contributed by atoms with Crippen LogP contribution in [0, 0.1) is 61.2 Å². The van der Waals surface area contributed by atoms with Gasteiger partial charge in [-0.1, -0.05) is 139 Å². The zero-order valence-corrected chi connectivity index (χ0v) is 64.2. The minimum atomic E-state index is -4.55. The molecule has 107 heavy (non-hydrogen) atoms. The van der Waals surface area contributed by atoms with Crippen LogP contribution < -0.4 is 22.0 Å². The molecule has 4 saturated heterocycles. The third-order valence-electron chi connectivity index (χ3n) is 20.4. The average Bonchev–Trinajstić information content (AvgIpc) is 1.56. The fourth-order valence-corrected chi connectivity index (χ4v) is 24.2. The van der Waals surface area contributed by atoms with Gasteiger partial charge in [-0.15, -0.1) is 0 Å². The molecule has 23 nitrogen and oxygen atoms in total. The number of fused-ring (bicyclic) bond motifs is 6. The third-order valence-corrected chi connectivity index (χ3v) is 29.8. The number of benzene rings is 6. The van der Waals surface area contributed by atoms with Gasteiger partial charge in [0, 0.05) is 35.8 Å². The summed E-state index contributed by atoms with van der Waals surface area (Å²) in [7, 11) is -16.4. The first-order valence-corrected chi connectivity index (χ1v) is 43.2. The van der Waals surface area contributed by atoms with Crippen LogP contribution in [0.15, 0.2) is 254 Å². The number of hydrogen-bond acceptors (Lipinski definition) is 22. The van der Waals surface area contributed by atoms with E-state index in [2.05, 4.69) is 189 Å². The number of esters is 4. The van der Waals surface area contributed by atoms with E-state index in [9.17, 15) is 62.0 Å². The Morgan fingerprint density at radius 3 is 1.00 bits per heavy atom. The lowest BCUT2D eigenvalue weighted by Crippen LogP contribution is -3.00. The zero-order chi connectivity index (χ0) is 74.7. The van der Waals surface area contributed by atoms with E-state index in [4.69, 9.17) is 36.8 Å². The van der Waals surface area contributed by atoms with Crippen LogP contribution in [0.25, 0.3) is 0 Å². The lowest BCUT2D eigenvalue weighted by molar-refractivity contribution is -0.378. The smallest absolute Gasteiger partial charge is 0.313 e. The predicted molar refractivity (Wildman–Crippen MR) is 383 cm³/mol.